The van der Waals surface area contributed by atoms with Crippen molar-refractivity contribution in [2.24, 2.45) is 11.8 Å². The lowest BCUT2D eigenvalue weighted by Gasteiger charge is -2.23. The molecular formula is C18H20N2O2. The number of H-pyrrole nitrogens is 1. The van der Waals surface area contributed by atoms with Crippen LogP contribution in [0.3, 0.4) is 0 Å². The summed E-state index contributed by atoms with van der Waals surface area (Å²) in [6, 6.07) is 8.17. The molecule has 4 nitrogen and oxygen atoms in total. The maximum Gasteiger partial charge on any atom is 0.228 e. The van der Waals surface area contributed by atoms with Crippen molar-refractivity contribution in [3.8, 4) is 0 Å². The predicted molar refractivity (Wildman–Crippen MR) is 85.1 cm³/mol. The molecule has 2 heterocycles. The third kappa shape index (κ3) is 2.06. The van der Waals surface area contributed by atoms with Gasteiger partial charge in [-0.15, -0.1) is 0 Å². The molecule has 1 fully saturated rings. The Labute approximate surface area is 129 Å². The molecule has 2 N–H and O–H groups in total. The summed E-state index contributed by atoms with van der Waals surface area (Å²) in [4.78, 5) is 17.4. The van der Waals surface area contributed by atoms with Crippen molar-refractivity contribution in [1.29, 1.82) is 0 Å². The van der Waals surface area contributed by atoms with E-state index in [0.717, 1.165) is 24.8 Å². The summed E-state index contributed by atoms with van der Waals surface area (Å²) >= 11 is 0. The number of carbonyl (C=O) groups excluding carboxylic acids is 1. The van der Waals surface area contributed by atoms with Crippen molar-refractivity contribution >= 4 is 16.8 Å². The largest absolute Gasteiger partial charge is 0.373 e. The molecule has 4 heteroatoms. The van der Waals surface area contributed by atoms with E-state index in [1.54, 1.807) is 4.90 Å². The van der Waals surface area contributed by atoms with Gasteiger partial charge in [0.15, 0.2) is 0 Å². The Balaban J connectivity index is 1.51. The molecule has 22 heavy (non-hydrogen) atoms. The molecule has 1 amide bonds. The van der Waals surface area contributed by atoms with Gasteiger partial charge in [-0.1, -0.05) is 30.4 Å². The maximum absolute atomic E-state index is 12.5. The quantitative estimate of drug-likeness (QED) is 0.855. The zero-order valence-electron chi connectivity index (χ0n) is 12.4. The molecule has 1 aromatic carbocycles. The number of nitrogens with zero attached hydrogens (tertiary/aromatic N) is 1. The van der Waals surface area contributed by atoms with Gasteiger partial charge in [-0.2, -0.15) is 0 Å². The third-order valence-electron chi connectivity index (χ3n) is 5.08. The number of nitrogens with one attached hydrogen (secondary N) is 1. The number of hydrogen-bond donors (Lipinski definition) is 2. The smallest absolute Gasteiger partial charge is 0.228 e. The number of allylic oxidation sites excluding steroid dienone is 2. The molecule has 2 aromatic rings. The van der Waals surface area contributed by atoms with Crippen LogP contribution in [-0.2, 0) is 11.2 Å². The third-order valence-corrected chi connectivity index (χ3v) is 5.08. The van der Waals surface area contributed by atoms with E-state index in [0.29, 0.717) is 6.54 Å². The molecule has 1 aliphatic carbocycles. The van der Waals surface area contributed by atoms with Crippen LogP contribution in [0.1, 0.15) is 18.4 Å². The van der Waals surface area contributed by atoms with Gasteiger partial charge in [0.25, 0.3) is 0 Å². The van der Waals surface area contributed by atoms with E-state index >= 15 is 0 Å². The first-order valence-electron chi connectivity index (χ1n) is 7.94. The second-order valence-corrected chi connectivity index (χ2v) is 6.27. The number of hydrogen-bond acceptors (Lipinski definition) is 2. The fourth-order valence-electron chi connectivity index (χ4n) is 3.85. The molecule has 0 unspecified atom stereocenters. The molecule has 2 aliphatic rings. The highest BCUT2D eigenvalue weighted by Gasteiger charge is 2.46. The number of amides is 1. The number of aromatic amines is 1. The van der Waals surface area contributed by atoms with E-state index in [4.69, 9.17) is 0 Å². The van der Waals surface area contributed by atoms with Crippen molar-refractivity contribution < 1.29 is 9.90 Å². The average molecular weight is 296 g/mol. The topological polar surface area (TPSA) is 56.3 Å². The molecular weight excluding hydrogens is 276 g/mol. The van der Waals surface area contributed by atoms with E-state index in [9.17, 15) is 9.90 Å². The SMILES string of the molecule is O=C1[C@H]2CC=CC[C@@H]2[C@@H](O)N1CCc1c[nH]c2ccccc12. The molecule has 1 aromatic heterocycles. The van der Waals surface area contributed by atoms with Crippen molar-refractivity contribution in [1.82, 2.24) is 9.88 Å². The molecule has 3 atom stereocenters. The molecule has 1 saturated heterocycles. The molecule has 1 aliphatic heterocycles. The lowest BCUT2D eigenvalue weighted by Crippen LogP contribution is -2.36. The second-order valence-electron chi connectivity index (χ2n) is 6.27. The summed E-state index contributed by atoms with van der Waals surface area (Å²) in [5, 5.41) is 11.7. The Morgan fingerprint density at radius 1 is 1.23 bits per heavy atom. The van der Waals surface area contributed by atoms with Gasteiger partial charge in [0.2, 0.25) is 5.91 Å². The number of likely N-dealkylation sites (tertiary alicyclic amines) is 1. The molecule has 0 bridgehead atoms. The molecule has 0 radical (unpaired) electrons. The van der Waals surface area contributed by atoms with E-state index in [2.05, 4.69) is 29.3 Å². The fraction of sp³-hybridized carbons (Fsp3) is 0.389. The van der Waals surface area contributed by atoms with Gasteiger partial charge in [-0.25, -0.2) is 0 Å². The van der Waals surface area contributed by atoms with Gasteiger partial charge in [-0.05, 0) is 30.9 Å². The fourth-order valence-corrected chi connectivity index (χ4v) is 3.85. The van der Waals surface area contributed by atoms with E-state index in [1.807, 2.05) is 18.3 Å². The number of carbonyl (C=O) groups is 1. The van der Waals surface area contributed by atoms with Crippen LogP contribution in [0.5, 0.6) is 0 Å². The Kier molecular flexibility index (Phi) is 3.26. The lowest BCUT2D eigenvalue weighted by atomic mass is 9.85. The second kappa shape index (κ2) is 5.29. The van der Waals surface area contributed by atoms with Crippen molar-refractivity contribution in [2.75, 3.05) is 6.54 Å². The molecule has 4 rings (SSSR count). The first-order valence-corrected chi connectivity index (χ1v) is 7.94. The first-order chi connectivity index (χ1) is 10.8. The standard InChI is InChI=1S/C18H20N2O2/c21-17-14-6-1-2-7-15(14)18(22)20(17)10-9-12-11-19-16-8-4-3-5-13(12)16/h1-5,8,11,14-15,17,19,21H,6-7,9-10H2/t14-,15-,17+/m0/s1. The van der Waals surface area contributed by atoms with E-state index in [-0.39, 0.29) is 17.7 Å². The summed E-state index contributed by atoms with van der Waals surface area (Å²) in [6.45, 7) is 0.578. The summed E-state index contributed by atoms with van der Waals surface area (Å²) in [5.41, 5.74) is 2.31. The Morgan fingerprint density at radius 2 is 2.05 bits per heavy atom. The van der Waals surface area contributed by atoms with E-state index < -0.39 is 6.23 Å². The molecule has 114 valence electrons. The van der Waals surface area contributed by atoms with E-state index in [1.165, 1.54) is 10.9 Å². The van der Waals surface area contributed by atoms with Crippen LogP contribution >= 0.6 is 0 Å². The minimum Gasteiger partial charge on any atom is -0.373 e. The van der Waals surface area contributed by atoms with Crippen LogP contribution < -0.4 is 0 Å². The van der Waals surface area contributed by atoms with Crippen LogP contribution in [0.4, 0.5) is 0 Å². The predicted octanol–water partition coefficient (Wildman–Crippen LogP) is 2.45. The van der Waals surface area contributed by atoms with Crippen molar-refractivity contribution in [2.45, 2.75) is 25.5 Å². The molecule has 0 saturated carbocycles. The lowest BCUT2D eigenvalue weighted by molar-refractivity contribution is -0.135. The average Bonchev–Trinajstić information content (AvgIpc) is 3.07. The number of aromatic nitrogens is 1. The zero-order chi connectivity index (χ0) is 15.1. The monoisotopic (exact) mass is 296 g/mol. The number of rotatable bonds is 3. The van der Waals surface area contributed by atoms with Crippen molar-refractivity contribution in [3.05, 3.63) is 48.2 Å². The normalized spacial score (nSPS) is 27.6. The Hall–Kier alpha value is -2.07. The van der Waals surface area contributed by atoms with Gasteiger partial charge in [0.05, 0.1) is 0 Å². The van der Waals surface area contributed by atoms with Crippen LogP contribution in [-0.4, -0.2) is 33.7 Å². The number of aliphatic hydroxyl groups excluding tert-OH is 1. The van der Waals surface area contributed by atoms with Crippen molar-refractivity contribution in [3.63, 3.8) is 0 Å². The first kappa shape index (κ1) is 13.6. The van der Waals surface area contributed by atoms with Gasteiger partial charge in [0.1, 0.15) is 6.23 Å². The van der Waals surface area contributed by atoms with Gasteiger partial charge in [-0.3, -0.25) is 4.79 Å². The summed E-state index contributed by atoms with van der Waals surface area (Å²) in [5.74, 6) is 0.158. The number of fused-ring (bicyclic) bond motifs is 2. The number of para-hydroxylation sites is 1. The maximum atomic E-state index is 12.5. The summed E-state index contributed by atoms with van der Waals surface area (Å²) in [7, 11) is 0. The van der Waals surface area contributed by atoms with Crippen LogP contribution in [0, 0.1) is 11.8 Å². The highest BCUT2D eigenvalue weighted by molar-refractivity contribution is 5.84. The highest BCUT2D eigenvalue weighted by Crippen LogP contribution is 2.37. The molecule has 0 spiro atoms. The van der Waals surface area contributed by atoms with Gasteiger partial charge < -0.3 is 15.0 Å². The van der Waals surface area contributed by atoms with Crippen LogP contribution in [0.2, 0.25) is 0 Å². The Morgan fingerprint density at radius 3 is 2.91 bits per heavy atom. The Bertz CT molecular complexity index is 734. The van der Waals surface area contributed by atoms with Crippen LogP contribution in [0.15, 0.2) is 42.6 Å². The van der Waals surface area contributed by atoms with Gasteiger partial charge in [0, 0.05) is 35.5 Å². The van der Waals surface area contributed by atoms with Gasteiger partial charge >= 0.3 is 0 Å². The highest BCUT2D eigenvalue weighted by atomic mass is 16.3. The summed E-state index contributed by atoms with van der Waals surface area (Å²) in [6.07, 6.45) is 7.86. The number of benzene rings is 1. The zero-order valence-corrected chi connectivity index (χ0v) is 12.4. The summed E-state index contributed by atoms with van der Waals surface area (Å²) < 4.78 is 0. The van der Waals surface area contributed by atoms with Crippen LogP contribution in [0.25, 0.3) is 10.9 Å². The number of aliphatic hydroxyl groups is 1. The minimum absolute atomic E-state index is 0.0250. The minimum atomic E-state index is -0.632.